The van der Waals surface area contributed by atoms with Gasteiger partial charge in [0.25, 0.3) is 5.91 Å². The number of nitrogens with zero attached hydrogens (tertiary/aromatic N) is 2. The lowest BCUT2D eigenvalue weighted by atomic mass is 10.0. The van der Waals surface area contributed by atoms with Gasteiger partial charge in [-0.05, 0) is 24.8 Å². The van der Waals surface area contributed by atoms with Gasteiger partial charge in [-0.25, -0.2) is 9.97 Å². The number of rotatable bonds is 3. The lowest BCUT2D eigenvalue weighted by molar-refractivity contribution is 0.0642. The largest absolute Gasteiger partial charge is 0.381 e. The van der Waals surface area contributed by atoms with Crippen molar-refractivity contribution in [3.63, 3.8) is 0 Å². The van der Waals surface area contributed by atoms with E-state index in [1.165, 1.54) is 6.33 Å². The molecule has 2 rings (SSSR count). The molecule has 16 heavy (non-hydrogen) atoms. The molecule has 86 valence electrons. The molecule has 0 unspecified atom stereocenters. The molecule has 5 heteroatoms. The molecule has 0 aliphatic carbocycles. The van der Waals surface area contributed by atoms with Crippen molar-refractivity contribution in [3.05, 3.63) is 24.3 Å². The Morgan fingerprint density at radius 1 is 1.50 bits per heavy atom. The fourth-order valence-corrected chi connectivity index (χ4v) is 1.70. The van der Waals surface area contributed by atoms with E-state index >= 15 is 0 Å². The van der Waals surface area contributed by atoms with Crippen molar-refractivity contribution in [2.24, 2.45) is 5.92 Å². The van der Waals surface area contributed by atoms with Crippen molar-refractivity contribution in [2.45, 2.75) is 12.8 Å². The minimum absolute atomic E-state index is 0.131. The number of carbonyl (C=O) groups excluding carboxylic acids is 1. The third-order valence-electron chi connectivity index (χ3n) is 2.71. The van der Waals surface area contributed by atoms with Gasteiger partial charge in [-0.1, -0.05) is 0 Å². The molecule has 1 fully saturated rings. The van der Waals surface area contributed by atoms with Gasteiger partial charge in [0.1, 0.15) is 12.0 Å². The van der Waals surface area contributed by atoms with Crippen molar-refractivity contribution in [1.29, 1.82) is 0 Å². The summed E-state index contributed by atoms with van der Waals surface area (Å²) in [5.41, 5.74) is 0.419. The summed E-state index contributed by atoms with van der Waals surface area (Å²) in [5, 5.41) is 2.88. The summed E-state index contributed by atoms with van der Waals surface area (Å²) in [4.78, 5) is 19.3. The second-order valence-electron chi connectivity index (χ2n) is 3.86. The fraction of sp³-hybridized carbons (Fsp3) is 0.545. The predicted octanol–water partition coefficient (Wildman–Crippen LogP) is 0.633. The van der Waals surface area contributed by atoms with Gasteiger partial charge in [-0.15, -0.1) is 0 Å². The van der Waals surface area contributed by atoms with Crippen molar-refractivity contribution in [3.8, 4) is 0 Å². The Hall–Kier alpha value is -1.49. The summed E-state index contributed by atoms with van der Waals surface area (Å²) in [5.74, 6) is 0.397. The Bertz CT molecular complexity index is 336. The number of amides is 1. The van der Waals surface area contributed by atoms with E-state index < -0.39 is 0 Å². The normalized spacial score (nSPS) is 17.0. The minimum atomic E-state index is -0.131. The van der Waals surface area contributed by atoms with Gasteiger partial charge in [0.2, 0.25) is 0 Å². The van der Waals surface area contributed by atoms with Crippen LogP contribution in [0.3, 0.4) is 0 Å². The molecule has 0 saturated carbocycles. The van der Waals surface area contributed by atoms with Crippen molar-refractivity contribution < 1.29 is 9.53 Å². The van der Waals surface area contributed by atoms with Crippen LogP contribution < -0.4 is 5.32 Å². The van der Waals surface area contributed by atoms with Gasteiger partial charge in [0.05, 0.1) is 0 Å². The number of carbonyl (C=O) groups is 1. The molecule has 1 aromatic heterocycles. The number of hydrogen-bond acceptors (Lipinski definition) is 4. The Labute approximate surface area is 94.2 Å². The van der Waals surface area contributed by atoms with Gasteiger partial charge in [0, 0.05) is 26.0 Å². The van der Waals surface area contributed by atoms with Crippen LogP contribution in [-0.2, 0) is 4.74 Å². The van der Waals surface area contributed by atoms with Crippen LogP contribution in [0, 0.1) is 5.92 Å². The maximum absolute atomic E-state index is 11.7. The summed E-state index contributed by atoms with van der Waals surface area (Å²) >= 11 is 0. The summed E-state index contributed by atoms with van der Waals surface area (Å²) < 4.78 is 5.26. The number of ether oxygens (including phenoxy) is 1. The summed E-state index contributed by atoms with van der Waals surface area (Å²) in [6.07, 6.45) is 4.98. The molecule has 0 spiro atoms. The zero-order chi connectivity index (χ0) is 11.2. The topological polar surface area (TPSA) is 64.1 Å². The number of hydrogen-bond donors (Lipinski definition) is 1. The highest BCUT2D eigenvalue weighted by Crippen LogP contribution is 2.13. The Kier molecular flexibility index (Phi) is 3.82. The van der Waals surface area contributed by atoms with Crippen LogP contribution in [0.15, 0.2) is 18.6 Å². The van der Waals surface area contributed by atoms with E-state index in [2.05, 4.69) is 15.3 Å². The molecule has 5 nitrogen and oxygen atoms in total. The van der Waals surface area contributed by atoms with Crippen molar-refractivity contribution >= 4 is 5.91 Å². The number of aromatic nitrogens is 2. The molecule has 1 aromatic rings. The SMILES string of the molecule is O=C(NCC1CCOCC1)c1ccncn1. The first-order valence-corrected chi connectivity index (χ1v) is 5.48. The number of nitrogens with one attached hydrogen (secondary N) is 1. The zero-order valence-corrected chi connectivity index (χ0v) is 9.06. The highest BCUT2D eigenvalue weighted by Gasteiger charge is 2.15. The zero-order valence-electron chi connectivity index (χ0n) is 9.06. The van der Waals surface area contributed by atoms with Gasteiger partial charge in [-0.3, -0.25) is 4.79 Å². The maximum Gasteiger partial charge on any atom is 0.270 e. The quantitative estimate of drug-likeness (QED) is 0.813. The monoisotopic (exact) mass is 221 g/mol. The van der Waals surface area contributed by atoms with E-state index in [1.54, 1.807) is 12.3 Å². The van der Waals surface area contributed by atoms with Crippen LogP contribution in [-0.4, -0.2) is 35.6 Å². The molecule has 0 bridgehead atoms. The van der Waals surface area contributed by atoms with E-state index in [9.17, 15) is 4.79 Å². The Morgan fingerprint density at radius 2 is 2.31 bits per heavy atom. The summed E-state index contributed by atoms with van der Waals surface area (Å²) in [7, 11) is 0. The average Bonchev–Trinajstić information content (AvgIpc) is 2.38. The summed E-state index contributed by atoms with van der Waals surface area (Å²) in [6.45, 7) is 2.30. The fourth-order valence-electron chi connectivity index (χ4n) is 1.70. The molecular weight excluding hydrogens is 206 g/mol. The van der Waals surface area contributed by atoms with Crippen molar-refractivity contribution in [2.75, 3.05) is 19.8 Å². The smallest absolute Gasteiger partial charge is 0.270 e. The second kappa shape index (κ2) is 5.55. The van der Waals surface area contributed by atoms with Crippen LogP contribution in [0.5, 0.6) is 0 Å². The van der Waals surface area contributed by atoms with E-state index in [4.69, 9.17) is 4.74 Å². The van der Waals surface area contributed by atoms with E-state index in [0.717, 1.165) is 26.1 Å². The van der Waals surface area contributed by atoms with Crippen LogP contribution in [0.4, 0.5) is 0 Å². The highest BCUT2D eigenvalue weighted by atomic mass is 16.5. The molecule has 1 N–H and O–H groups in total. The van der Waals surface area contributed by atoms with Gasteiger partial charge in [0.15, 0.2) is 0 Å². The van der Waals surface area contributed by atoms with Gasteiger partial charge >= 0.3 is 0 Å². The molecule has 1 aliphatic rings. The average molecular weight is 221 g/mol. The van der Waals surface area contributed by atoms with Crippen LogP contribution >= 0.6 is 0 Å². The molecule has 1 saturated heterocycles. The van der Waals surface area contributed by atoms with Crippen LogP contribution in [0.2, 0.25) is 0 Å². The first kappa shape index (κ1) is 11.0. The molecule has 2 heterocycles. The molecule has 0 atom stereocenters. The molecule has 1 amide bonds. The third kappa shape index (κ3) is 3.00. The Balaban J connectivity index is 1.79. The van der Waals surface area contributed by atoms with Crippen LogP contribution in [0.25, 0.3) is 0 Å². The van der Waals surface area contributed by atoms with Gasteiger partial charge < -0.3 is 10.1 Å². The van der Waals surface area contributed by atoms with E-state index in [-0.39, 0.29) is 5.91 Å². The predicted molar refractivity (Wildman–Crippen MR) is 57.9 cm³/mol. The minimum Gasteiger partial charge on any atom is -0.381 e. The Morgan fingerprint density at radius 3 is 3.00 bits per heavy atom. The maximum atomic E-state index is 11.7. The van der Waals surface area contributed by atoms with Crippen molar-refractivity contribution in [1.82, 2.24) is 15.3 Å². The second-order valence-corrected chi connectivity index (χ2v) is 3.86. The lowest BCUT2D eigenvalue weighted by Crippen LogP contribution is -2.32. The molecular formula is C11H15N3O2. The summed E-state index contributed by atoms with van der Waals surface area (Å²) in [6, 6.07) is 1.61. The van der Waals surface area contributed by atoms with Crippen LogP contribution in [0.1, 0.15) is 23.3 Å². The highest BCUT2D eigenvalue weighted by molar-refractivity contribution is 5.91. The van der Waals surface area contributed by atoms with E-state index in [1.807, 2.05) is 0 Å². The molecule has 1 aliphatic heterocycles. The first-order chi connectivity index (χ1) is 7.86. The lowest BCUT2D eigenvalue weighted by Gasteiger charge is -2.21. The van der Waals surface area contributed by atoms with Gasteiger partial charge in [-0.2, -0.15) is 0 Å². The molecule has 0 radical (unpaired) electrons. The molecule has 0 aromatic carbocycles. The first-order valence-electron chi connectivity index (χ1n) is 5.48. The van der Waals surface area contributed by atoms with E-state index in [0.29, 0.717) is 18.2 Å². The standard InChI is InChI=1S/C11H15N3O2/c15-11(10-1-4-12-8-14-10)13-7-9-2-5-16-6-3-9/h1,4,8-9H,2-3,5-7H2,(H,13,15). The third-order valence-corrected chi connectivity index (χ3v) is 2.71.